The minimum absolute atomic E-state index is 0.304. The summed E-state index contributed by atoms with van der Waals surface area (Å²) in [6.45, 7) is 2.00. The SMILES string of the molecule is Cc1cccc(Cc2ccnc(Cc3ccncc3F)c2)c1Cl. The highest BCUT2D eigenvalue weighted by molar-refractivity contribution is 6.32. The van der Waals surface area contributed by atoms with Crippen molar-refractivity contribution >= 4 is 11.6 Å². The Labute approximate surface area is 140 Å². The maximum Gasteiger partial charge on any atom is 0.145 e. The summed E-state index contributed by atoms with van der Waals surface area (Å²) in [5, 5.41) is 0.797. The van der Waals surface area contributed by atoms with E-state index in [2.05, 4.69) is 9.97 Å². The summed E-state index contributed by atoms with van der Waals surface area (Å²) >= 11 is 6.36. The Morgan fingerprint density at radius 2 is 1.91 bits per heavy atom. The normalized spacial score (nSPS) is 10.7. The van der Waals surface area contributed by atoms with Crippen LogP contribution in [0.15, 0.2) is 55.0 Å². The molecule has 0 unspecified atom stereocenters. The topological polar surface area (TPSA) is 25.8 Å². The lowest BCUT2D eigenvalue weighted by Gasteiger charge is -2.08. The summed E-state index contributed by atoms with van der Waals surface area (Å²) in [6.07, 6.45) is 5.76. The molecule has 0 N–H and O–H groups in total. The van der Waals surface area contributed by atoms with Gasteiger partial charge in [-0.05, 0) is 53.8 Å². The molecule has 0 saturated heterocycles. The zero-order valence-electron chi connectivity index (χ0n) is 12.8. The van der Waals surface area contributed by atoms with Gasteiger partial charge in [0.05, 0.1) is 6.20 Å². The zero-order chi connectivity index (χ0) is 16.2. The highest BCUT2D eigenvalue weighted by atomic mass is 35.5. The molecule has 2 nitrogen and oxygen atoms in total. The molecule has 0 fully saturated rings. The van der Waals surface area contributed by atoms with Gasteiger partial charge in [-0.3, -0.25) is 9.97 Å². The van der Waals surface area contributed by atoms with E-state index in [0.29, 0.717) is 12.0 Å². The molecule has 0 aliphatic heterocycles. The summed E-state index contributed by atoms with van der Waals surface area (Å²) in [5.74, 6) is -0.304. The summed E-state index contributed by atoms with van der Waals surface area (Å²) in [5.41, 5.74) is 4.68. The third-order valence-electron chi connectivity index (χ3n) is 3.78. The number of aromatic nitrogens is 2. The predicted molar refractivity (Wildman–Crippen MR) is 90.2 cm³/mol. The van der Waals surface area contributed by atoms with Crippen molar-refractivity contribution in [2.45, 2.75) is 19.8 Å². The molecule has 1 aromatic carbocycles. The third kappa shape index (κ3) is 3.74. The van der Waals surface area contributed by atoms with Crippen LogP contribution in [0.3, 0.4) is 0 Å². The van der Waals surface area contributed by atoms with Crippen molar-refractivity contribution in [3.05, 3.63) is 93.8 Å². The van der Waals surface area contributed by atoms with Crippen molar-refractivity contribution in [2.75, 3.05) is 0 Å². The van der Waals surface area contributed by atoms with Crippen LogP contribution in [0.5, 0.6) is 0 Å². The van der Waals surface area contributed by atoms with E-state index in [9.17, 15) is 4.39 Å². The molecular weight excluding hydrogens is 311 g/mol. The van der Waals surface area contributed by atoms with Gasteiger partial charge >= 0.3 is 0 Å². The Morgan fingerprint density at radius 1 is 1.04 bits per heavy atom. The molecule has 0 aliphatic rings. The van der Waals surface area contributed by atoms with Gasteiger partial charge in [0.25, 0.3) is 0 Å². The summed E-state index contributed by atoms with van der Waals surface area (Å²) in [7, 11) is 0. The van der Waals surface area contributed by atoms with Crippen LogP contribution >= 0.6 is 11.6 Å². The Morgan fingerprint density at radius 3 is 2.74 bits per heavy atom. The number of rotatable bonds is 4. The van der Waals surface area contributed by atoms with Crippen LogP contribution in [-0.4, -0.2) is 9.97 Å². The molecule has 116 valence electrons. The van der Waals surface area contributed by atoms with Crippen LogP contribution in [0.1, 0.15) is 27.9 Å². The number of halogens is 2. The fraction of sp³-hybridized carbons (Fsp3) is 0.158. The Bertz CT molecular complexity index is 833. The number of hydrogen-bond donors (Lipinski definition) is 0. The van der Waals surface area contributed by atoms with Crippen molar-refractivity contribution in [3.8, 4) is 0 Å². The van der Waals surface area contributed by atoms with Crippen LogP contribution in [-0.2, 0) is 12.8 Å². The summed E-state index contributed by atoms with van der Waals surface area (Å²) in [6, 6.07) is 11.7. The van der Waals surface area contributed by atoms with E-state index in [1.165, 1.54) is 6.20 Å². The number of aryl methyl sites for hydroxylation is 1. The predicted octanol–water partition coefficient (Wildman–Crippen LogP) is 4.76. The fourth-order valence-electron chi connectivity index (χ4n) is 2.54. The first kappa shape index (κ1) is 15.6. The number of hydrogen-bond acceptors (Lipinski definition) is 2. The van der Waals surface area contributed by atoms with Gasteiger partial charge in [-0.1, -0.05) is 29.8 Å². The second-order valence-corrected chi connectivity index (χ2v) is 5.90. The van der Waals surface area contributed by atoms with Crippen molar-refractivity contribution < 1.29 is 4.39 Å². The van der Waals surface area contributed by atoms with Crippen LogP contribution < -0.4 is 0 Å². The van der Waals surface area contributed by atoms with Gasteiger partial charge in [0.2, 0.25) is 0 Å². The Kier molecular flexibility index (Phi) is 4.68. The lowest BCUT2D eigenvalue weighted by atomic mass is 10.0. The smallest absolute Gasteiger partial charge is 0.145 e. The molecule has 0 amide bonds. The lowest BCUT2D eigenvalue weighted by Crippen LogP contribution is -1.98. The number of pyridine rings is 2. The first-order valence-electron chi connectivity index (χ1n) is 7.39. The minimum atomic E-state index is -0.304. The summed E-state index contributed by atoms with van der Waals surface area (Å²) in [4.78, 5) is 8.11. The summed E-state index contributed by atoms with van der Waals surface area (Å²) < 4.78 is 13.7. The van der Waals surface area contributed by atoms with Gasteiger partial charge in [0.15, 0.2) is 0 Å². The van der Waals surface area contributed by atoms with E-state index in [1.807, 2.05) is 37.3 Å². The van der Waals surface area contributed by atoms with Crippen LogP contribution in [0.25, 0.3) is 0 Å². The molecule has 2 aromatic heterocycles. The van der Waals surface area contributed by atoms with Crippen LogP contribution in [0, 0.1) is 12.7 Å². The molecule has 3 aromatic rings. The maximum atomic E-state index is 13.7. The second-order valence-electron chi connectivity index (χ2n) is 5.52. The highest BCUT2D eigenvalue weighted by Crippen LogP contribution is 2.23. The molecular formula is C19H16ClFN2. The lowest BCUT2D eigenvalue weighted by molar-refractivity contribution is 0.606. The molecule has 0 bridgehead atoms. The first-order valence-corrected chi connectivity index (χ1v) is 7.77. The van der Waals surface area contributed by atoms with Crippen LogP contribution in [0.4, 0.5) is 4.39 Å². The fourth-order valence-corrected chi connectivity index (χ4v) is 2.73. The van der Waals surface area contributed by atoms with Gasteiger partial charge in [0, 0.05) is 29.5 Å². The molecule has 23 heavy (non-hydrogen) atoms. The molecule has 3 rings (SSSR count). The molecule has 0 saturated carbocycles. The molecule has 4 heteroatoms. The van der Waals surface area contributed by atoms with Crippen molar-refractivity contribution in [1.29, 1.82) is 0 Å². The van der Waals surface area contributed by atoms with Gasteiger partial charge in [0.1, 0.15) is 5.82 Å². The Balaban J connectivity index is 1.83. The largest absolute Gasteiger partial charge is 0.262 e. The average molecular weight is 327 g/mol. The monoisotopic (exact) mass is 326 g/mol. The zero-order valence-corrected chi connectivity index (χ0v) is 13.5. The molecule has 0 radical (unpaired) electrons. The number of nitrogens with zero attached hydrogens (tertiary/aromatic N) is 2. The van der Waals surface area contributed by atoms with Crippen molar-refractivity contribution in [3.63, 3.8) is 0 Å². The van der Waals surface area contributed by atoms with Gasteiger partial charge in [-0.2, -0.15) is 0 Å². The van der Waals surface area contributed by atoms with Crippen molar-refractivity contribution in [2.24, 2.45) is 0 Å². The average Bonchev–Trinajstić information content (AvgIpc) is 2.55. The van der Waals surface area contributed by atoms with E-state index in [0.717, 1.165) is 33.8 Å². The van der Waals surface area contributed by atoms with Gasteiger partial charge in [-0.15, -0.1) is 0 Å². The van der Waals surface area contributed by atoms with E-state index in [4.69, 9.17) is 11.6 Å². The van der Waals surface area contributed by atoms with Crippen LogP contribution in [0.2, 0.25) is 5.02 Å². The van der Waals surface area contributed by atoms with E-state index < -0.39 is 0 Å². The maximum absolute atomic E-state index is 13.7. The molecule has 0 aliphatic carbocycles. The van der Waals surface area contributed by atoms with Gasteiger partial charge < -0.3 is 0 Å². The third-order valence-corrected chi connectivity index (χ3v) is 4.32. The van der Waals surface area contributed by atoms with E-state index in [-0.39, 0.29) is 5.82 Å². The van der Waals surface area contributed by atoms with Crippen molar-refractivity contribution in [1.82, 2.24) is 9.97 Å². The first-order chi connectivity index (χ1) is 11.1. The Hall–Kier alpha value is -2.26. The highest BCUT2D eigenvalue weighted by Gasteiger charge is 2.07. The number of benzene rings is 1. The molecule has 2 heterocycles. The van der Waals surface area contributed by atoms with Gasteiger partial charge in [-0.25, -0.2) is 4.39 Å². The molecule has 0 spiro atoms. The van der Waals surface area contributed by atoms with E-state index in [1.54, 1.807) is 18.5 Å². The molecule has 0 atom stereocenters. The standard InChI is InChI=1S/C19H16ClFN2/c1-13-3-2-4-16(19(13)20)9-14-5-8-23-17(10-14)11-15-6-7-22-12-18(15)21/h2-8,10,12H,9,11H2,1H3. The van der Waals surface area contributed by atoms with E-state index >= 15 is 0 Å². The quantitative estimate of drug-likeness (QED) is 0.691. The second kappa shape index (κ2) is 6.88. The minimum Gasteiger partial charge on any atom is -0.262 e.